The van der Waals surface area contributed by atoms with Crippen molar-refractivity contribution < 1.29 is 38.5 Å². The van der Waals surface area contributed by atoms with Gasteiger partial charge >= 0.3 is 11.9 Å². The highest BCUT2D eigenvalue weighted by Crippen LogP contribution is 2.47. The fraction of sp³-hybridized carbons (Fsp3) is 0.889. The Bertz CT molecular complexity index is 1060. The summed E-state index contributed by atoms with van der Waals surface area (Å²) in [5.41, 5.74) is -3.00. The molecule has 3 N–H and O–H groups in total. The van der Waals surface area contributed by atoms with Crippen LogP contribution in [0.3, 0.4) is 0 Å². The van der Waals surface area contributed by atoms with Gasteiger partial charge in [-0.2, -0.15) is 0 Å². The second kappa shape index (κ2) is 15.9. The van der Waals surface area contributed by atoms with Crippen LogP contribution in [0, 0.1) is 35.5 Å². The van der Waals surface area contributed by atoms with Gasteiger partial charge in [0.15, 0.2) is 0 Å². The van der Waals surface area contributed by atoms with Crippen molar-refractivity contribution in [2.24, 2.45) is 35.5 Å². The first-order chi connectivity index (χ1) is 20.7. The maximum atomic E-state index is 12.3. The highest BCUT2D eigenvalue weighted by atomic mass is 16.5. The van der Waals surface area contributed by atoms with Gasteiger partial charge in [-0.3, -0.25) is 14.4 Å². The van der Waals surface area contributed by atoms with E-state index in [-0.39, 0.29) is 24.2 Å². The largest absolute Gasteiger partial charge is 0.474 e. The molecule has 10 heteroatoms. The number of nitrogens with one attached hydrogen (secondary N) is 2. The van der Waals surface area contributed by atoms with Crippen molar-refractivity contribution in [2.75, 3.05) is 19.8 Å². The lowest BCUT2D eigenvalue weighted by Crippen LogP contribution is -2.52. The Hall–Kier alpha value is -2.04. The maximum Gasteiger partial charge on any atom is 0.394 e. The Labute approximate surface area is 278 Å². The summed E-state index contributed by atoms with van der Waals surface area (Å²) in [6, 6.07) is 0. The number of aliphatic carboxylic acids is 1. The predicted octanol–water partition coefficient (Wildman–Crippen LogP) is 5.80. The second-order valence-electron chi connectivity index (χ2n) is 16.8. The molecule has 1 fully saturated rings. The zero-order chi connectivity index (χ0) is 36.1. The summed E-state index contributed by atoms with van der Waals surface area (Å²) in [5.74, 6) is -1.88. The molecule has 2 amide bonds. The first kappa shape index (κ1) is 42.0. The van der Waals surface area contributed by atoms with Crippen molar-refractivity contribution in [1.82, 2.24) is 10.6 Å². The third-order valence-electron chi connectivity index (χ3n) is 10.7. The fourth-order valence-corrected chi connectivity index (χ4v) is 5.60. The number of rotatable bonds is 20. The Balaban J connectivity index is 3.07. The number of carbonyl (C=O) groups excluding carboxylic acids is 3. The van der Waals surface area contributed by atoms with E-state index in [1.807, 2.05) is 27.7 Å². The van der Waals surface area contributed by atoms with Gasteiger partial charge in [0, 0.05) is 29.3 Å². The summed E-state index contributed by atoms with van der Waals surface area (Å²) in [6.07, 6.45) is 1.52. The van der Waals surface area contributed by atoms with Crippen molar-refractivity contribution in [3.8, 4) is 0 Å². The number of hydrogen-bond acceptors (Lipinski definition) is 7. The van der Waals surface area contributed by atoms with Crippen LogP contribution >= 0.6 is 0 Å². The lowest BCUT2D eigenvalue weighted by Gasteiger charge is -2.44. The van der Waals surface area contributed by atoms with Crippen molar-refractivity contribution in [3.05, 3.63) is 0 Å². The number of carbonyl (C=O) groups is 4. The Morgan fingerprint density at radius 2 is 1.09 bits per heavy atom. The Kier molecular flexibility index (Phi) is 14.5. The number of amides is 2. The highest BCUT2D eigenvalue weighted by molar-refractivity contribution is 6.36. The molecule has 268 valence electrons. The molecule has 0 aromatic heterocycles. The summed E-state index contributed by atoms with van der Waals surface area (Å²) in [4.78, 5) is 47.1. The first-order valence-corrected chi connectivity index (χ1v) is 17.0. The number of carboxylic acid groups (broad SMARTS) is 1. The quantitative estimate of drug-likeness (QED) is 0.140. The van der Waals surface area contributed by atoms with Crippen LogP contribution in [0.4, 0.5) is 0 Å². The lowest BCUT2D eigenvalue weighted by atomic mass is 9.76. The van der Waals surface area contributed by atoms with E-state index in [9.17, 15) is 19.2 Å². The van der Waals surface area contributed by atoms with E-state index in [2.05, 4.69) is 66.0 Å². The average Bonchev–Trinajstić information content (AvgIpc) is 3.50. The van der Waals surface area contributed by atoms with Crippen LogP contribution in [0.1, 0.15) is 123 Å². The number of hydrogen-bond donors (Lipinski definition) is 3. The van der Waals surface area contributed by atoms with Gasteiger partial charge in [-0.1, -0.05) is 34.6 Å². The number of ether oxygens (including phenoxy) is 3. The van der Waals surface area contributed by atoms with Crippen LogP contribution in [-0.4, -0.2) is 76.4 Å². The lowest BCUT2D eigenvalue weighted by molar-refractivity contribution is -0.152. The molecule has 1 saturated carbocycles. The molecular formula is C36H66N2O8. The van der Waals surface area contributed by atoms with Gasteiger partial charge in [-0.05, 0) is 106 Å². The van der Waals surface area contributed by atoms with Gasteiger partial charge in [0.25, 0.3) is 5.91 Å². The predicted molar refractivity (Wildman–Crippen MR) is 180 cm³/mol. The molecule has 5 atom stereocenters. The SMILES string of the molecule is CCC(=O)C(=O)NC(C)(C)C(C)COC(C)(C)CC(CC(C)(C)OCC(C)C(C)(C)NC(=O)C(=O)O)C(C)(C)OCC1C(C)C1C. The molecule has 0 radical (unpaired) electrons. The van der Waals surface area contributed by atoms with E-state index in [4.69, 9.17) is 19.3 Å². The van der Waals surface area contributed by atoms with Crippen molar-refractivity contribution in [1.29, 1.82) is 0 Å². The second-order valence-corrected chi connectivity index (χ2v) is 16.8. The molecule has 0 spiro atoms. The third kappa shape index (κ3) is 12.9. The number of ketones is 1. The van der Waals surface area contributed by atoms with Gasteiger partial charge in [0.05, 0.1) is 36.6 Å². The normalized spacial score (nSPS) is 21.2. The standard InChI is InChI=1S/C36H66N2O8/c1-16-28(39)29(40)37-34(10,11)22(2)19-44-32(6,7)17-26(36(14,15)46-21-27-24(4)25(27)5)18-33(8,9)45-20-23(3)35(12,13)38-30(41)31(42)43/h22-27H,16-21H2,1-15H3,(H,37,40)(H,38,41)(H,42,43). The van der Waals surface area contributed by atoms with E-state index in [0.717, 1.165) is 0 Å². The topological polar surface area (TPSA) is 140 Å². The smallest absolute Gasteiger partial charge is 0.394 e. The molecule has 1 aliphatic carbocycles. The summed E-state index contributed by atoms with van der Waals surface area (Å²) in [6.45, 7) is 31.5. The fourth-order valence-electron chi connectivity index (χ4n) is 5.60. The van der Waals surface area contributed by atoms with E-state index < -0.39 is 51.4 Å². The molecule has 10 nitrogen and oxygen atoms in total. The van der Waals surface area contributed by atoms with Crippen LogP contribution in [0.15, 0.2) is 0 Å². The van der Waals surface area contributed by atoms with Crippen molar-refractivity contribution in [2.45, 2.75) is 151 Å². The molecule has 5 unspecified atom stereocenters. The summed E-state index contributed by atoms with van der Waals surface area (Å²) >= 11 is 0. The van der Waals surface area contributed by atoms with Gasteiger partial charge in [-0.15, -0.1) is 0 Å². The van der Waals surface area contributed by atoms with Crippen LogP contribution < -0.4 is 10.6 Å². The third-order valence-corrected chi connectivity index (χ3v) is 10.7. The molecule has 0 saturated heterocycles. The monoisotopic (exact) mass is 654 g/mol. The molecule has 0 aromatic rings. The van der Waals surface area contributed by atoms with Gasteiger partial charge < -0.3 is 30.0 Å². The summed E-state index contributed by atoms with van der Waals surface area (Å²) < 4.78 is 19.7. The van der Waals surface area contributed by atoms with E-state index in [1.165, 1.54) is 0 Å². The van der Waals surface area contributed by atoms with Gasteiger partial charge in [-0.25, -0.2) is 4.79 Å². The molecule has 0 aliphatic heterocycles. The zero-order valence-corrected chi connectivity index (χ0v) is 31.5. The summed E-state index contributed by atoms with van der Waals surface area (Å²) in [5, 5.41) is 14.5. The Morgan fingerprint density at radius 1 is 0.696 bits per heavy atom. The van der Waals surface area contributed by atoms with Crippen molar-refractivity contribution in [3.63, 3.8) is 0 Å². The van der Waals surface area contributed by atoms with Crippen LogP contribution in [0.5, 0.6) is 0 Å². The van der Waals surface area contributed by atoms with Gasteiger partial charge in [0.2, 0.25) is 5.78 Å². The summed E-state index contributed by atoms with van der Waals surface area (Å²) in [7, 11) is 0. The minimum Gasteiger partial charge on any atom is -0.474 e. The van der Waals surface area contributed by atoms with E-state index in [0.29, 0.717) is 50.4 Å². The van der Waals surface area contributed by atoms with Crippen LogP contribution in [-0.2, 0) is 33.4 Å². The molecule has 0 bridgehead atoms. The van der Waals surface area contributed by atoms with Crippen molar-refractivity contribution >= 4 is 23.6 Å². The maximum absolute atomic E-state index is 12.3. The number of carboxylic acids is 1. The van der Waals surface area contributed by atoms with E-state index in [1.54, 1.807) is 20.8 Å². The molecule has 1 aliphatic rings. The molecule has 0 heterocycles. The highest BCUT2D eigenvalue weighted by Gasteiger charge is 2.46. The van der Waals surface area contributed by atoms with Crippen LogP contribution in [0.2, 0.25) is 0 Å². The minimum atomic E-state index is -1.51. The number of Topliss-reactive ketones (excluding diaryl/α,β-unsaturated/α-hetero) is 1. The minimum absolute atomic E-state index is 0.0436. The molecular weight excluding hydrogens is 588 g/mol. The molecule has 1 rings (SSSR count). The first-order valence-electron chi connectivity index (χ1n) is 17.0. The Morgan fingerprint density at radius 3 is 1.43 bits per heavy atom. The molecule has 0 aromatic carbocycles. The van der Waals surface area contributed by atoms with Gasteiger partial charge in [0.1, 0.15) is 0 Å². The zero-order valence-electron chi connectivity index (χ0n) is 31.5. The average molecular weight is 655 g/mol. The van der Waals surface area contributed by atoms with E-state index >= 15 is 0 Å². The molecule has 46 heavy (non-hydrogen) atoms. The van der Waals surface area contributed by atoms with Crippen LogP contribution in [0.25, 0.3) is 0 Å².